The number of aliphatic imine (C=N–C) groups is 1. The molecule has 2 aromatic carbocycles. The Morgan fingerprint density at radius 2 is 1.74 bits per heavy atom. The Bertz CT molecular complexity index is 882. The van der Waals surface area contributed by atoms with Crippen molar-refractivity contribution in [1.29, 1.82) is 0 Å². The Hall–Kier alpha value is -2.95. The lowest BCUT2D eigenvalue weighted by atomic mass is 10.1. The number of rotatable bonds is 4. The first kappa shape index (κ1) is 17.5. The predicted octanol–water partition coefficient (Wildman–Crippen LogP) is 3.54. The average Bonchev–Trinajstić information content (AvgIpc) is 3.25. The highest BCUT2D eigenvalue weighted by Gasteiger charge is 2.49. The standard InChI is InChI=1S/C22H23N3O2/c1-16-9-11-18(12-10-16)23-19(26)15-25-21(27)20(17-7-3-2-4-8-17)24-22(25)13-5-6-14-22/h2-4,7-12H,5-6,13-15H2,1H3,(H,23,26). The summed E-state index contributed by atoms with van der Waals surface area (Å²) >= 11 is 0. The Balaban J connectivity index is 1.55. The lowest BCUT2D eigenvalue weighted by Gasteiger charge is -2.32. The molecule has 0 atom stereocenters. The molecule has 0 saturated heterocycles. The van der Waals surface area contributed by atoms with Gasteiger partial charge < -0.3 is 10.2 Å². The zero-order chi connectivity index (χ0) is 18.9. The first-order valence-corrected chi connectivity index (χ1v) is 9.41. The van der Waals surface area contributed by atoms with Gasteiger partial charge in [-0.05, 0) is 44.7 Å². The van der Waals surface area contributed by atoms with Crippen LogP contribution in [0.1, 0.15) is 36.8 Å². The van der Waals surface area contributed by atoms with Gasteiger partial charge in [0.05, 0.1) is 0 Å². The lowest BCUT2D eigenvalue weighted by Crippen LogP contribution is -2.48. The van der Waals surface area contributed by atoms with Gasteiger partial charge in [0.1, 0.15) is 17.9 Å². The number of nitrogens with one attached hydrogen (secondary N) is 1. The van der Waals surface area contributed by atoms with Crippen molar-refractivity contribution in [2.24, 2.45) is 4.99 Å². The quantitative estimate of drug-likeness (QED) is 0.905. The number of nitrogens with zero attached hydrogens (tertiary/aromatic N) is 2. The second-order valence-electron chi connectivity index (χ2n) is 7.32. The van der Waals surface area contributed by atoms with E-state index in [2.05, 4.69) is 5.32 Å². The molecular formula is C22H23N3O2. The molecule has 138 valence electrons. The van der Waals surface area contributed by atoms with Crippen molar-refractivity contribution in [3.05, 3.63) is 65.7 Å². The molecule has 0 radical (unpaired) electrons. The zero-order valence-corrected chi connectivity index (χ0v) is 15.4. The van der Waals surface area contributed by atoms with Crippen molar-refractivity contribution in [3.63, 3.8) is 0 Å². The fourth-order valence-corrected chi connectivity index (χ4v) is 3.94. The van der Waals surface area contributed by atoms with Crippen molar-refractivity contribution in [2.45, 2.75) is 38.3 Å². The summed E-state index contributed by atoms with van der Waals surface area (Å²) in [5.74, 6) is -0.342. The Kier molecular flexibility index (Phi) is 4.52. The summed E-state index contributed by atoms with van der Waals surface area (Å²) in [6.45, 7) is 2.02. The molecule has 1 saturated carbocycles. The minimum atomic E-state index is -0.563. The van der Waals surface area contributed by atoms with E-state index in [-0.39, 0.29) is 18.4 Å². The van der Waals surface area contributed by atoms with Crippen LogP contribution in [0.3, 0.4) is 0 Å². The molecule has 0 aromatic heterocycles. The molecule has 1 heterocycles. The summed E-state index contributed by atoms with van der Waals surface area (Å²) in [4.78, 5) is 32.3. The number of amides is 2. The van der Waals surface area contributed by atoms with Crippen molar-refractivity contribution in [3.8, 4) is 0 Å². The van der Waals surface area contributed by atoms with Crippen LogP contribution >= 0.6 is 0 Å². The Morgan fingerprint density at radius 1 is 1.07 bits per heavy atom. The maximum atomic E-state index is 13.1. The molecule has 5 heteroatoms. The van der Waals surface area contributed by atoms with Crippen molar-refractivity contribution >= 4 is 23.2 Å². The van der Waals surface area contributed by atoms with Gasteiger partial charge >= 0.3 is 0 Å². The molecule has 2 aromatic rings. The van der Waals surface area contributed by atoms with Crippen LogP contribution in [0.2, 0.25) is 0 Å². The molecule has 2 amide bonds. The average molecular weight is 361 g/mol. The Labute approximate surface area is 159 Å². The van der Waals surface area contributed by atoms with E-state index in [1.165, 1.54) is 0 Å². The van der Waals surface area contributed by atoms with E-state index in [9.17, 15) is 9.59 Å². The van der Waals surface area contributed by atoms with Crippen LogP contribution in [0.5, 0.6) is 0 Å². The fourth-order valence-electron chi connectivity index (χ4n) is 3.94. The Morgan fingerprint density at radius 3 is 2.41 bits per heavy atom. The molecule has 1 spiro atoms. The molecule has 1 fully saturated rings. The monoisotopic (exact) mass is 361 g/mol. The number of hydrogen-bond acceptors (Lipinski definition) is 3. The lowest BCUT2D eigenvalue weighted by molar-refractivity contribution is -0.132. The van der Waals surface area contributed by atoms with E-state index >= 15 is 0 Å². The second-order valence-corrected chi connectivity index (χ2v) is 7.32. The molecule has 5 nitrogen and oxygen atoms in total. The van der Waals surface area contributed by atoms with E-state index in [0.29, 0.717) is 5.71 Å². The van der Waals surface area contributed by atoms with Crippen LogP contribution in [0.25, 0.3) is 0 Å². The van der Waals surface area contributed by atoms with Gasteiger partial charge in [-0.15, -0.1) is 0 Å². The highest BCUT2D eigenvalue weighted by Crippen LogP contribution is 2.40. The molecule has 1 aliphatic carbocycles. The summed E-state index contributed by atoms with van der Waals surface area (Å²) in [6.07, 6.45) is 3.67. The van der Waals surface area contributed by atoms with Crippen molar-refractivity contribution in [2.75, 3.05) is 11.9 Å². The van der Waals surface area contributed by atoms with Crippen LogP contribution in [0, 0.1) is 6.92 Å². The van der Waals surface area contributed by atoms with E-state index < -0.39 is 5.66 Å². The summed E-state index contributed by atoms with van der Waals surface area (Å²) in [7, 11) is 0. The first-order valence-electron chi connectivity index (χ1n) is 9.41. The summed E-state index contributed by atoms with van der Waals surface area (Å²) in [6, 6.07) is 17.2. The number of anilines is 1. The number of benzene rings is 2. The first-order chi connectivity index (χ1) is 13.1. The van der Waals surface area contributed by atoms with Gasteiger partial charge in [-0.25, -0.2) is 0 Å². The number of carbonyl (C=O) groups excluding carboxylic acids is 2. The zero-order valence-electron chi connectivity index (χ0n) is 15.4. The van der Waals surface area contributed by atoms with E-state index in [1.807, 2.05) is 61.5 Å². The van der Waals surface area contributed by atoms with Crippen molar-refractivity contribution in [1.82, 2.24) is 4.90 Å². The van der Waals surface area contributed by atoms with Crippen LogP contribution in [-0.4, -0.2) is 34.6 Å². The number of hydrogen-bond donors (Lipinski definition) is 1. The topological polar surface area (TPSA) is 61.8 Å². The second kappa shape index (κ2) is 6.99. The molecule has 4 rings (SSSR count). The van der Waals surface area contributed by atoms with E-state index in [0.717, 1.165) is 42.5 Å². The number of aryl methyl sites for hydroxylation is 1. The van der Waals surface area contributed by atoms with E-state index in [4.69, 9.17) is 4.99 Å². The SMILES string of the molecule is Cc1ccc(NC(=O)CN2C(=O)C(c3ccccc3)=NC23CCCC3)cc1. The highest BCUT2D eigenvalue weighted by atomic mass is 16.2. The van der Waals surface area contributed by atoms with Gasteiger partial charge in [-0.1, -0.05) is 48.0 Å². The predicted molar refractivity (Wildman–Crippen MR) is 106 cm³/mol. The van der Waals surface area contributed by atoms with Crippen LogP contribution in [0.15, 0.2) is 59.6 Å². The van der Waals surface area contributed by atoms with Gasteiger partial charge in [0.25, 0.3) is 5.91 Å². The minimum absolute atomic E-state index is 0.0204. The molecular weight excluding hydrogens is 338 g/mol. The van der Waals surface area contributed by atoms with Crippen LogP contribution < -0.4 is 5.32 Å². The highest BCUT2D eigenvalue weighted by molar-refractivity contribution is 6.47. The minimum Gasteiger partial charge on any atom is -0.325 e. The molecule has 0 unspecified atom stereocenters. The van der Waals surface area contributed by atoms with Crippen molar-refractivity contribution < 1.29 is 9.59 Å². The maximum absolute atomic E-state index is 13.1. The molecule has 0 bridgehead atoms. The maximum Gasteiger partial charge on any atom is 0.275 e. The van der Waals surface area contributed by atoms with Gasteiger partial charge in [0.2, 0.25) is 5.91 Å². The van der Waals surface area contributed by atoms with Gasteiger partial charge in [-0.2, -0.15) is 0 Å². The third kappa shape index (κ3) is 3.37. The van der Waals surface area contributed by atoms with Crippen LogP contribution in [-0.2, 0) is 9.59 Å². The van der Waals surface area contributed by atoms with Crippen LogP contribution in [0.4, 0.5) is 5.69 Å². The smallest absolute Gasteiger partial charge is 0.275 e. The van der Waals surface area contributed by atoms with Gasteiger partial charge in [0, 0.05) is 11.3 Å². The summed E-state index contributed by atoms with van der Waals surface area (Å²) in [5, 5.41) is 2.89. The molecule has 1 aliphatic heterocycles. The van der Waals surface area contributed by atoms with E-state index in [1.54, 1.807) is 4.90 Å². The third-order valence-corrected chi connectivity index (χ3v) is 5.36. The third-order valence-electron chi connectivity index (χ3n) is 5.36. The fraction of sp³-hybridized carbons (Fsp3) is 0.318. The van der Waals surface area contributed by atoms with Gasteiger partial charge in [-0.3, -0.25) is 14.6 Å². The largest absolute Gasteiger partial charge is 0.325 e. The molecule has 27 heavy (non-hydrogen) atoms. The summed E-state index contributed by atoms with van der Waals surface area (Å²) in [5.41, 5.74) is 2.60. The normalized spacial score (nSPS) is 18.0. The molecule has 1 N–H and O–H groups in total. The molecule has 2 aliphatic rings. The summed E-state index contributed by atoms with van der Waals surface area (Å²) < 4.78 is 0. The number of carbonyl (C=O) groups is 2. The van der Waals surface area contributed by atoms with Gasteiger partial charge in [0.15, 0.2) is 0 Å².